The summed E-state index contributed by atoms with van der Waals surface area (Å²) in [5.74, 6) is 0.265. The van der Waals surface area contributed by atoms with Gasteiger partial charge in [-0.3, -0.25) is 4.79 Å². The van der Waals surface area contributed by atoms with Crippen LogP contribution in [0, 0.1) is 6.92 Å². The van der Waals surface area contributed by atoms with Crippen molar-refractivity contribution in [1.82, 2.24) is 0 Å². The van der Waals surface area contributed by atoms with Crippen molar-refractivity contribution >= 4 is 23.5 Å². The number of carbonyl (C=O) groups excluding carboxylic acids is 1. The fraction of sp³-hybridized carbons (Fsp3) is 0.333. The molecule has 0 aliphatic carbocycles. The Kier molecular flexibility index (Phi) is 4.23. The van der Waals surface area contributed by atoms with Gasteiger partial charge in [-0.15, -0.1) is 0 Å². The number of hydrogen-bond acceptors (Lipinski definition) is 4. The third-order valence-corrected chi connectivity index (χ3v) is 3.86. The standard InChI is InChI=1S/C15H15ClO5/c1-4-7(2)13(17)10-5-9-6-11(21-15(18)19)20-14(9)8(3)12(10)16/h5,11H,2,4,6H2,1,3H3,(H,18,19). The molecular formula is C15H15ClO5. The molecule has 5 nitrogen and oxygen atoms in total. The summed E-state index contributed by atoms with van der Waals surface area (Å²) >= 11 is 6.23. The first-order valence-electron chi connectivity index (χ1n) is 6.45. The van der Waals surface area contributed by atoms with Crippen LogP contribution in [0.25, 0.3) is 0 Å². The Labute approximate surface area is 127 Å². The van der Waals surface area contributed by atoms with Crippen molar-refractivity contribution in [1.29, 1.82) is 0 Å². The first kappa shape index (κ1) is 15.4. The van der Waals surface area contributed by atoms with E-state index in [9.17, 15) is 9.59 Å². The van der Waals surface area contributed by atoms with E-state index in [0.717, 1.165) is 0 Å². The number of rotatable bonds is 4. The topological polar surface area (TPSA) is 72.8 Å². The lowest BCUT2D eigenvalue weighted by molar-refractivity contribution is -0.0396. The number of allylic oxidation sites excluding steroid dienone is 1. The van der Waals surface area contributed by atoms with Gasteiger partial charge in [-0.2, -0.15) is 0 Å². The van der Waals surface area contributed by atoms with Crippen molar-refractivity contribution in [3.05, 3.63) is 39.9 Å². The van der Waals surface area contributed by atoms with Gasteiger partial charge in [0, 0.05) is 16.7 Å². The molecule has 1 N–H and O–H groups in total. The maximum absolute atomic E-state index is 12.3. The van der Waals surface area contributed by atoms with Gasteiger partial charge in [0.25, 0.3) is 6.29 Å². The van der Waals surface area contributed by atoms with Gasteiger partial charge < -0.3 is 14.6 Å². The highest BCUT2D eigenvalue weighted by molar-refractivity contribution is 6.36. The van der Waals surface area contributed by atoms with E-state index < -0.39 is 12.4 Å². The lowest BCUT2D eigenvalue weighted by Gasteiger charge is -2.12. The van der Waals surface area contributed by atoms with Crippen LogP contribution in [0.3, 0.4) is 0 Å². The Hall–Kier alpha value is -2.01. The normalized spacial score (nSPS) is 16.0. The van der Waals surface area contributed by atoms with Crippen LogP contribution in [0.4, 0.5) is 4.79 Å². The van der Waals surface area contributed by atoms with Gasteiger partial charge in [-0.25, -0.2) is 4.79 Å². The number of halogens is 1. The largest absolute Gasteiger partial charge is 0.508 e. The van der Waals surface area contributed by atoms with Gasteiger partial charge in [0.1, 0.15) is 5.75 Å². The molecule has 1 aromatic rings. The van der Waals surface area contributed by atoms with Gasteiger partial charge in [0.2, 0.25) is 0 Å². The van der Waals surface area contributed by atoms with Crippen LogP contribution in [-0.2, 0) is 11.2 Å². The number of Topliss-reactive ketones (excluding diaryl/α,β-unsaturated/α-hetero) is 1. The quantitative estimate of drug-likeness (QED) is 0.521. The van der Waals surface area contributed by atoms with Gasteiger partial charge in [-0.05, 0) is 25.0 Å². The number of benzene rings is 1. The number of hydrogen-bond donors (Lipinski definition) is 1. The van der Waals surface area contributed by atoms with Crippen LogP contribution in [0.15, 0.2) is 18.2 Å². The summed E-state index contributed by atoms with van der Waals surface area (Å²) in [4.78, 5) is 22.8. The van der Waals surface area contributed by atoms with Gasteiger partial charge >= 0.3 is 6.16 Å². The summed E-state index contributed by atoms with van der Waals surface area (Å²) in [5.41, 5.74) is 2.13. The van der Waals surface area contributed by atoms with E-state index >= 15 is 0 Å². The molecule has 112 valence electrons. The molecule has 0 bridgehead atoms. The van der Waals surface area contributed by atoms with E-state index in [0.29, 0.717) is 39.5 Å². The fourth-order valence-corrected chi connectivity index (χ4v) is 2.43. The van der Waals surface area contributed by atoms with Crippen LogP contribution in [-0.4, -0.2) is 23.3 Å². The van der Waals surface area contributed by atoms with E-state index in [-0.39, 0.29) is 12.2 Å². The monoisotopic (exact) mass is 310 g/mol. The molecule has 0 saturated heterocycles. The molecular weight excluding hydrogens is 296 g/mol. The zero-order valence-electron chi connectivity index (χ0n) is 11.7. The summed E-state index contributed by atoms with van der Waals surface area (Å²) in [7, 11) is 0. The average molecular weight is 311 g/mol. The lowest BCUT2D eigenvalue weighted by Crippen LogP contribution is -2.20. The molecule has 1 aromatic carbocycles. The van der Waals surface area contributed by atoms with Gasteiger partial charge in [0.05, 0.1) is 11.4 Å². The molecule has 2 rings (SSSR count). The average Bonchev–Trinajstić information content (AvgIpc) is 2.83. The van der Waals surface area contributed by atoms with E-state index in [1.165, 1.54) is 0 Å². The number of carboxylic acid groups (broad SMARTS) is 1. The molecule has 1 aliphatic heterocycles. The minimum absolute atomic E-state index is 0.212. The molecule has 1 heterocycles. The molecule has 0 amide bonds. The highest BCUT2D eigenvalue weighted by Gasteiger charge is 2.30. The Bertz CT molecular complexity index is 635. The third kappa shape index (κ3) is 2.88. The second-order valence-corrected chi connectivity index (χ2v) is 5.15. The number of ketones is 1. The van der Waals surface area contributed by atoms with E-state index in [4.69, 9.17) is 21.4 Å². The Morgan fingerprint density at radius 2 is 2.24 bits per heavy atom. The summed E-state index contributed by atoms with van der Waals surface area (Å²) in [6.07, 6.45) is -1.54. The smallest absolute Gasteiger partial charge is 0.454 e. The van der Waals surface area contributed by atoms with E-state index in [1.54, 1.807) is 13.0 Å². The SMILES string of the molecule is C=C(CC)C(=O)c1cc2c(c(C)c1Cl)OC(OC(=O)O)C2. The predicted molar refractivity (Wildman–Crippen MR) is 77.2 cm³/mol. The van der Waals surface area contributed by atoms with Crippen molar-refractivity contribution in [3.8, 4) is 5.75 Å². The lowest BCUT2D eigenvalue weighted by atomic mass is 9.97. The molecule has 1 aliphatic rings. The number of ether oxygens (including phenoxy) is 2. The summed E-state index contributed by atoms with van der Waals surface area (Å²) in [5, 5.41) is 8.93. The molecule has 0 radical (unpaired) electrons. The van der Waals surface area contributed by atoms with Crippen LogP contribution < -0.4 is 4.74 Å². The zero-order valence-corrected chi connectivity index (χ0v) is 12.5. The molecule has 6 heteroatoms. The van der Waals surface area contributed by atoms with Crippen molar-refractivity contribution in [3.63, 3.8) is 0 Å². The first-order valence-corrected chi connectivity index (χ1v) is 6.83. The van der Waals surface area contributed by atoms with Crippen molar-refractivity contribution in [2.24, 2.45) is 0 Å². The molecule has 21 heavy (non-hydrogen) atoms. The Balaban J connectivity index is 2.39. The second kappa shape index (κ2) is 5.77. The third-order valence-electron chi connectivity index (χ3n) is 3.38. The molecule has 0 fully saturated rings. The van der Waals surface area contributed by atoms with E-state index in [2.05, 4.69) is 11.3 Å². The van der Waals surface area contributed by atoms with E-state index in [1.807, 2.05) is 6.92 Å². The highest BCUT2D eigenvalue weighted by Crippen LogP contribution is 2.39. The molecule has 0 aromatic heterocycles. The summed E-state index contributed by atoms with van der Waals surface area (Å²) < 4.78 is 10.0. The van der Waals surface area contributed by atoms with Crippen LogP contribution >= 0.6 is 11.6 Å². The summed E-state index contributed by atoms with van der Waals surface area (Å²) in [6, 6.07) is 1.62. The van der Waals surface area contributed by atoms with Crippen molar-refractivity contribution < 1.29 is 24.2 Å². The van der Waals surface area contributed by atoms with Crippen molar-refractivity contribution in [2.45, 2.75) is 33.0 Å². The Morgan fingerprint density at radius 3 is 2.81 bits per heavy atom. The molecule has 1 unspecified atom stereocenters. The minimum atomic E-state index is -1.41. The molecule has 0 spiro atoms. The maximum Gasteiger partial charge on any atom is 0.508 e. The van der Waals surface area contributed by atoms with Crippen LogP contribution in [0.5, 0.6) is 5.75 Å². The Morgan fingerprint density at radius 1 is 1.57 bits per heavy atom. The minimum Gasteiger partial charge on any atom is -0.454 e. The van der Waals surface area contributed by atoms with Crippen LogP contribution in [0.1, 0.15) is 34.8 Å². The highest BCUT2D eigenvalue weighted by atomic mass is 35.5. The van der Waals surface area contributed by atoms with Crippen molar-refractivity contribution in [2.75, 3.05) is 0 Å². The number of fused-ring (bicyclic) bond motifs is 1. The zero-order chi connectivity index (χ0) is 15.7. The fourth-order valence-electron chi connectivity index (χ4n) is 2.21. The van der Waals surface area contributed by atoms with Crippen LogP contribution in [0.2, 0.25) is 5.02 Å². The van der Waals surface area contributed by atoms with Gasteiger partial charge in [0.15, 0.2) is 5.78 Å². The second-order valence-electron chi connectivity index (χ2n) is 4.77. The number of carbonyl (C=O) groups is 2. The molecule has 1 atom stereocenters. The predicted octanol–water partition coefficient (Wildman–Crippen LogP) is 3.75. The summed E-state index contributed by atoms with van der Waals surface area (Å²) in [6.45, 7) is 7.29. The van der Waals surface area contributed by atoms with Gasteiger partial charge in [-0.1, -0.05) is 25.1 Å². The first-order chi connectivity index (χ1) is 9.85. The maximum atomic E-state index is 12.3. The molecule has 0 saturated carbocycles.